The van der Waals surface area contributed by atoms with Crippen LogP contribution in [0.15, 0.2) is 12.2 Å². The summed E-state index contributed by atoms with van der Waals surface area (Å²) in [7, 11) is 0. The molecule has 3 aliphatic rings. The van der Waals surface area contributed by atoms with Gasteiger partial charge < -0.3 is 0 Å². The van der Waals surface area contributed by atoms with E-state index in [0.717, 1.165) is 6.42 Å². The number of carbonyl (C=O) groups excluding carboxylic acids is 1. The van der Waals surface area contributed by atoms with Crippen molar-refractivity contribution in [2.24, 2.45) is 29.6 Å². The maximum absolute atomic E-state index is 11.6. The average molecular weight is 173 g/mol. The molecule has 2 nitrogen and oxygen atoms in total. The van der Waals surface area contributed by atoms with Crippen LogP contribution in [0.4, 0.5) is 0 Å². The van der Waals surface area contributed by atoms with E-state index in [9.17, 15) is 4.79 Å². The molecule has 66 valence electrons. The van der Waals surface area contributed by atoms with Gasteiger partial charge in [0.05, 0.1) is 12.0 Å². The second-order valence-electron chi connectivity index (χ2n) is 4.46. The van der Waals surface area contributed by atoms with Gasteiger partial charge in [0.15, 0.2) is 0 Å². The Labute approximate surface area is 77.2 Å². The summed E-state index contributed by atoms with van der Waals surface area (Å²) in [6, 6.07) is 2.30. The third kappa shape index (κ3) is 0.751. The fraction of sp³-hybridized carbons (Fsp3) is 0.636. The molecule has 2 fully saturated rings. The van der Waals surface area contributed by atoms with Crippen LogP contribution < -0.4 is 0 Å². The van der Waals surface area contributed by atoms with E-state index < -0.39 is 0 Å². The molecule has 3 rings (SSSR count). The highest BCUT2D eigenvalue weighted by molar-refractivity contribution is 5.85. The minimum absolute atomic E-state index is 0.0115. The van der Waals surface area contributed by atoms with Crippen molar-refractivity contribution >= 4 is 5.78 Å². The molecule has 0 aromatic rings. The van der Waals surface area contributed by atoms with Crippen molar-refractivity contribution in [3.05, 3.63) is 12.2 Å². The summed E-state index contributed by atoms with van der Waals surface area (Å²) < 4.78 is 0. The summed E-state index contributed by atoms with van der Waals surface area (Å²) in [6.07, 6.45) is 6.04. The van der Waals surface area contributed by atoms with E-state index in [1.54, 1.807) is 0 Å². The molecule has 2 saturated carbocycles. The van der Waals surface area contributed by atoms with Crippen LogP contribution in [-0.4, -0.2) is 5.78 Å². The molecule has 0 aromatic heterocycles. The van der Waals surface area contributed by atoms with Crippen LogP contribution in [-0.2, 0) is 4.79 Å². The van der Waals surface area contributed by atoms with Gasteiger partial charge in [-0.2, -0.15) is 5.26 Å². The third-order valence-corrected chi connectivity index (χ3v) is 3.94. The summed E-state index contributed by atoms with van der Waals surface area (Å²) in [5.74, 6) is 1.94. The van der Waals surface area contributed by atoms with Gasteiger partial charge in [0.1, 0.15) is 5.78 Å². The molecular weight excluding hydrogens is 162 g/mol. The Morgan fingerprint density at radius 2 is 2.15 bits per heavy atom. The first-order valence-corrected chi connectivity index (χ1v) is 4.92. The number of fused-ring (bicyclic) bond motifs is 5. The zero-order chi connectivity index (χ0) is 9.00. The average Bonchev–Trinajstić information content (AvgIpc) is 2.76. The van der Waals surface area contributed by atoms with E-state index >= 15 is 0 Å². The maximum atomic E-state index is 11.6. The van der Waals surface area contributed by atoms with Gasteiger partial charge in [-0.1, -0.05) is 12.2 Å². The zero-order valence-electron chi connectivity index (χ0n) is 7.31. The highest BCUT2D eigenvalue weighted by Gasteiger charge is 2.55. The summed E-state index contributed by atoms with van der Waals surface area (Å²) >= 11 is 0. The van der Waals surface area contributed by atoms with Crippen LogP contribution in [0.5, 0.6) is 0 Å². The molecule has 0 radical (unpaired) electrons. The SMILES string of the molecule is N#CC1CC(=O)C2C3C=CC(C3)C12. The smallest absolute Gasteiger partial charge is 0.138 e. The normalized spacial score (nSPS) is 51.0. The Hall–Kier alpha value is -1.10. The quantitative estimate of drug-likeness (QED) is 0.521. The standard InChI is InChI=1S/C11H11NO/c12-5-8-4-9(13)11-7-2-1-6(3-7)10(8)11/h1-2,6-8,10-11H,3-4H2. The van der Waals surface area contributed by atoms with Crippen LogP contribution in [0.2, 0.25) is 0 Å². The number of allylic oxidation sites excluding steroid dienone is 2. The fourth-order valence-electron chi connectivity index (χ4n) is 3.48. The van der Waals surface area contributed by atoms with Crippen molar-refractivity contribution in [3.63, 3.8) is 0 Å². The van der Waals surface area contributed by atoms with Crippen molar-refractivity contribution in [2.75, 3.05) is 0 Å². The number of rotatable bonds is 0. The van der Waals surface area contributed by atoms with Crippen molar-refractivity contribution in [1.29, 1.82) is 5.26 Å². The van der Waals surface area contributed by atoms with E-state index in [4.69, 9.17) is 5.26 Å². The number of hydrogen-bond acceptors (Lipinski definition) is 2. The van der Waals surface area contributed by atoms with Gasteiger partial charge in [-0.05, 0) is 24.2 Å². The highest BCUT2D eigenvalue weighted by atomic mass is 16.1. The molecule has 5 atom stereocenters. The number of Topliss-reactive ketones (excluding diaryl/α,β-unsaturated/α-hetero) is 1. The molecule has 0 aromatic carbocycles. The zero-order valence-corrected chi connectivity index (χ0v) is 7.31. The highest BCUT2D eigenvalue weighted by Crippen LogP contribution is 2.55. The molecule has 3 aliphatic carbocycles. The summed E-state index contributed by atoms with van der Waals surface area (Å²) in [4.78, 5) is 11.6. The summed E-state index contributed by atoms with van der Waals surface area (Å²) in [5.41, 5.74) is 0. The molecule has 5 unspecified atom stereocenters. The third-order valence-electron chi connectivity index (χ3n) is 3.94. The van der Waals surface area contributed by atoms with Crippen LogP contribution in [0.3, 0.4) is 0 Å². The molecule has 0 amide bonds. The topological polar surface area (TPSA) is 40.9 Å². The minimum Gasteiger partial charge on any atom is -0.299 e. The van der Waals surface area contributed by atoms with Gasteiger partial charge in [0, 0.05) is 12.3 Å². The van der Waals surface area contributed by atoms with Gasteiger partial charge >= 0.3 is 0 Å². The van der Waals surface area contributed by atoms with E-state index in [0.29, 0.717) is 30.0 Å². The summed E-state index contributed by atoms with van der Waals surface area (Å²) in [5, 5.41) is 8.93. The molecule has 0 N–H and O–H groups in total. The molecule has 13 heavy (non-hydrogen) atoms. The van der Waals surface area contributed by atoms with Crippen LogP contribution >= 0.6 is 0 Å². The van der Waals surface area contributed by atoms with Crippen molar-refractivity contribution in [3.8, 4) is 6.07 Å². The first kappa shape index (κ1) is 7.32. The lowest BCUT2D eigenvalue weighted by atomic mass is 9.82. The van der Waals surface area contributed by atoms with Crippen LogP contribution in [0.1, 0.15) is 12.8 Å². The van der Waals surface area contributed by atoms with Gasteiger partial charge in [-0.15, -0.1) is 0 Å². The van der Waals surface area contributed by atoms with E-state index in [1.807, 2.05) is 0 Å². The number of carbonyl (C=O) groups is 1. The molecule has 0 heterocycles. The predicted molar refractivity (Wildman–Crippen MR) is 46.4 cm³/mol. The van der Waals surface area contributed by atoms with Crippen molar-refractivity contribution < 1.29 is 4.79 Å². The lowest BCUT2D eigenvalue weighted by Crippen LogP contribution is -2.21. The first-order chi connectivity index (χ1) is 6.31. The van der Waals surface area contributed by atoms with Crippen molar-refractivity contribution in [2.45, 2.75) is 12.8 Å². The molecule has 2 heteroatoms. The van der Waals surface area contributed by atoms with Crippen LogP contribution in [0, 0.1) is 40.9 Å². The Morgan fingerprint density at radius 3 is 2.92 bits per heavy atom. The molecular formula is C11H11NO. The second kappa shape index (κ2) is 2.23. The van der Waals surface area contributed by atoms with Gasteiger partial charge in [-0.3, -0.25) is 4.79 Å². The maximum Gasteiger partial charge on any atom is 0.138 e. The summed E-state index contributed by atoms with van der Waals surface area (Å²) in [6.45, 7) is 0. The fourth-order valence-corrected chi connectivity index (χ4v) is 3.48. The monoisotopic (exact) mass is 173 g/mol. The van der Waals surface area contributed by atoms with E-state index in [1.165, 1.54) is 0 Å². The van der Waals surface area contributed by atoms with E-state index in [2.05, 4.69) is 18.2 Å². The number of hydrogen-bond donors (Lipinski definition) is 0. The number of ketones is 1. The number of nitrogens with zero attached hydrogens (tertiary/aromatic N) is 1. The molecule has 2 bridgehead atoms. The minimum atomic E-state index is 0.0115. The lowest BCUT2D eigenvalue weighted by molar-refractivity contribution is -0.121. The molecule has 0 spiro atoms. The van der Waals surface area contributed by atoms with Crippen molar-refractivity contribution in [1.82, 2.24) is 0 Å². The Balaban J connectivity index is 2.02. The van der Waals surface area contributed by atoms with Gasteiger partial charge in [0.25, 0.3) is 0 Å². The first-order valence-electron chi connectivity index (χ1n) is 4.92. The Kier molecular flexibility index (Phi) is 1.25. The lowest BCUT2D eigenvalue weighted by Gasteiger charge is -2.20. The van der Waals surface area contributed by atoms with Gasteiger partial charge in [-0.25, -0.2) is 0 Å². The van der Waals surface area contributed by atoms with Crippen LogP contribution in [0.25, 0.3) is 0 Å². The molecule has 0 aliphatic heterocycles. The van der Waals surface area contributed by atoms with Gasteiger partial charge in [0.2, 0.25) is 0 Å². The second-order valence-corrected chi connectivity index (χ2v) is 4.46. The predicted octanol–water partition coefficient (Wildman–Crippen LogP) is 1.54. The largest absolute Gasteiger partial charge is 0.299 e. The Morgan fingerprint density at radius 1 is 1.38 bits per heavy atom. The van der Waals surface area contributed by atoms with E-state index in [-0.39, 0.29) is 11.8 Å². The molecule has 0 saturated heterocycles. The number of nitriles is 1. The Bertz CT molecular complexity index is 338.